The number of halogens is 2. The number of nitrogens with one attached hydrogen (secondary N) is 2. The summed E-state index contributed by atoms with van der Waals surface area (Å²) in [5, 5.41) is 7.46. The second-order valence-corrected chi connectivity index (χ2v) is 6.13. The van der Waals surface area contributed by atoms with Crippen molar-refractivity contribution in [3.63, 3.8) is 0 Å². The normalized spacial score (nSPS) is 16.5. The van der Waals surface area contributed by atoms with Crippen molar-refractivity contribution in [3.05, 3.63) is 34.9 Å². The van der Waals surface area contributed by atoms with Crippen molar-refractivity contribution in [2.24, 2.45) is 4.99 Å². The van der Waals surface area contributed by atoms with Gasteiger partial charge in [0.25, 0.3) is 0 Å². The molecule has 136 valence electrons. The van der Waals surface area contributed by atoms with Gasteiger partial charge in [0.1, 0.15) is 0 Å². The minimum Gasteiger partial charge on any atom is -0.355 e. The molecule has 0 atom stereocenters. The molecule has 1 fully saturated rings. The van der Waals surface area contributed by atoms with Crippen molar-refractivity contribution in [2.45, 2.75) is 13.5 Å². The first-order chi connectivity index (χ1) is 11.2. The van der Waals surface area contributed by atoms with Crippen molar-refractivity contribution in [2.75, 3.05) is 52.9 Å². The third kappa shape index (κ3) is 7.13. The highest BCUT2D eigenvalue weighted by molar-refractivity contribution is 14.0. The first-order valence-electron chi connectivity index (χ1n) is 8.35. The van der Waals surface area contributed by atoms with E-state index in [2.05, 4.69) is 32.3 Å². The molecule has 0 spiro atoms. The molecule has 1 saturated heterocycles. The summed E-state index contributed by atoms with van der Waals surface area (Å²) in [6, 6.07) is 7.87. The summed E-state index contributed by atoms with van der Waals surface area (Å²) in [6.45, 7) is 10.7. The molecule has 0 amide bonds. The average molecular weight is 466 g/mol. The van der Waals surface area contributed by atoms with Crippen molar-refractivity contribution in [3.8, 4) is 0 Å². The monoisotopic (exact) mass is 465 g/mol. The van der Waals surface area contributed by atoms with Crippen LogP contribution in [-0.2, 0) is 6.54 Å². The number of benzene rings is 1. The van der Waals surface area contributed by atoms with Gasteiger partial charge in [-0.15, -0.1) is 24.0 Å². The van der Waals surface area contributed by atoms with Crippen molar-refractivity contribution in [1.82, 2.24) is 20.4 Å². The van der Waals surface area contributed by atoms with Gasteiger partial charge in [-0.2, -0.15) is 0 Å². The Balaban J connectivity index is 0.00000288. The highest BCUT2D eigenvalue weighted by Gasteiger charge is 2.14. The third-order valence-electron chi connectivity index (χ3n) is 4.26. The number of hydrogen-bond donors (Lipinski definition) is 2. The number of piperazine rings is 1. The first kappa shape index (κ1) is 21.5. The van der Waals surface area contributed by atoms with Gasteiger partial charge in [-0.25, -0.2) is 0 Å². The van der Waals surface area contributed by atoms with Gasteiger partial charge in [-0.1, -0.05) is 36.7 Å². The summed E-state index contributed by atoms with van der Waals surface area (Å²) in [6.07, 6.45) is 0. The molecule has 0 bridgehead atoms. The predicted octanol–water partition coefficient (Wildman–Crippen LogP) is 2.26. The maximum absolute atomic E-state index is 6.17. The van der Waals surface area contributed by atoms with E-state index in [1.165, 1.54) is 13.1 Å². The van der Waals surface area contributed by atoms with Crippen LogP contribution >= 0.6 is 35.6 Å². The van der Waals surface area contributed by atoms with Crippen molar-refractivity contribution in [1.29, 1.82) is 0 Å². The summed E-state index contributed by atoms with van der Waals surface area (Å²) in [5.74, 6) is 0.817. The van der Waals surface area contributed by atoms with E-state index in [0.717, 1.165) is 49.3 Å². The predicted molar refractivity (Wildman–Crippen MR) is 114 cm³/mol. The Morgan fingerprint density at radius 2 is 1.79 bits per heavy atom. The molecule has 0 aromatic heterocycles. The Kier molecular flexibility index (Phi) is 10.6. The van der Waals surface area contributed by atoms with Gasteiger partial charge in [-0.3, -0.25) is 9.89 Å². The molecular formula is C17H29ClIN5. The molecule has 1 aromatic carbocycles. The molecule has 1 aromatic rings. The Bertz CT molecular complexity index is 504. The van der Waals surface area contributed by atoms with Crippen LogP contribution in [0.5, 0.6) is 0 Å². The number of nitrogens with zero attached hydrogens (tertiary/aromatic N) is 3. The van der Waals surface area contributed by atoms with Crippen LogP contribution in [-0.4, -0.2) is 68.6 Å². The maximum Gasteiger partial charge on any atom is 0.191 e. The topological polar surface area (TPSA) is 42.9 Å². The van der Waals surface area contributed by atoms with Gasteiger partial charge in [-0.05, 0) is 18.2 Å². The zero-order valence-electron chi connectivity index (χ0n) is 14.6. The zero-order valence-corrected chi connectivity index (χ0v) is 17.7. The fourth-order valence-electron chi connectivity index (χ4n) is 2.70. The molecule has 0 radical (unpaired) electrons. The van der Waals surface area contributed by atoms with Crippen LogP contribution in [0.3, 0.4) is 0 Å². The van der Waals surface area contributed by atoms with E-state index in [-0.39, 0.29) is 24.0 Å². The lowest BCUT2D eigenvalue weighted by Crippen LogP contribution is -2.49. The molecule has 0 unspecified atom stereocenters. The Labute approximate surface area is 167 Å². The van der Waals surface area contributed by atoms with Crippen LogP contribution in [0.1, 0.15) is 12.5 Å². The third-order valence-corrected chi connectivity index (χ3v) is 4.63. The van der Waals surface area contributed by atoms with E-state index in [9.17, 15) is 0 Å². The zero-order chi connectivity index (χ0) is 16.5. The van der Waals surface area contributed by atoms with E-state index in [1.54, 1.807) is 7.05 Å². The summed E-state index contributed by atoms with van der Waals surface area (Å²) < 4.78 is 0. The maximum atomic E-state index is 6.17. The van der Waals surface area contributed by atoms with Crippen LogP contribution in [0.15, 0.2) is 29.3 Å². The second-order valence-electron chi connectivity index (χ2n) is 5.72. The van der Waals surface area contributed by atoms with Crippen LogP contribution in [0.4, 0.5) is 0 Å². The molecular weight excluding hydrogens is 437 g/mol. The summed E-state index contributed by atoms with van der Waals surface area (Å²) >= 11 is 6.17. The fraction of sp³-hybridized carbons (Fsp3) is 0.588. The molecule has 2 N–H and O–H groups in total. The lowest BCUT2D eigenvalue weighted by atomic mass is 10.2. The van der Waals surface area contributed by atoms with Gasteiger partial charge < -0.3 is 15.5 Å². The molecule has 1 aliphatic heterocycles. The molecule has 0 aliphatic carbocycles. The second kappa shape index (κ2) is 11.9. The molecule has 2 rings (SSSR count). The molecule has 1 aliphatic rings. The van der Waals surface area contributed by atoms with Crippen molar-refractivity contribution >= 4 is 41.5 Å². The first-order valence-corrected chi connectivity index (χ1v) is 8.73. The smallest absolute Gasteiger partial charge is 0.191 e. The molecule has 0 saturated carbocycles. The average Bonchev–Trinajstić information content (AvgIpc) is 2.59. The number of guanidine groups is 1. The summed E-state index contributed by atoms with van der Waals surface area (Å²) in [5.41, 5.74) is 1.08. The lowest BCUT2D eigenvalue weighted by Gasteiger charge is -2.34. The van der Waals surface area contributed by atoms with Gasteiger partial charge >= 0.3 is 0 Å². The number of likely N-dealkylation sites (N-methyl/N-ethyl adjacent to an activating group) is 1. The highest BCUT2D eigenvalue weighted by Crippen LogP contribution is 2.14. The SMILES string of the molecule is CCN1CCN(CCNC(=NC)NCc2ccccc2Cl)CC1.I. The van der Waals surface area contributed by atoms with E-state index >= 15 is 0 Å². The van der Waals surface area contributed by atoms with Crippen LogP contribution in [0.2, 0.25) is 5.02 Å². The Hall–Kier alpha value is -0.570. The molecule has 5 nitrogen and oxygen atoms in total. The number of rotatable bonds is 6. The Morgan fingerprint density at radius 3 is 2.42 bits per heavy atom. The summed E-state index contributed by atoms with van der Waals surface area (Å²) in [7, 11) is 1.79. The van der Waals surface area contributed by atoms with Gasteiger partial charge in [0.2, 0.25) is 0 Å². The number of aliphatic imine (C=N–C) groups is 1. The van der Waals surface area contributed by atoms with Crippen LogP contribution in [0.25, 0.3) is 0 Å². The molecule has 7 heteroatoms. The van der Waals surface area contributed by atoms with E-state index in [1.807, 2.05) is 24.3 Å². The lowest BCUT2D eigenvalue weighted by molar-refractivity contribution is 0.139. The molecule has 1 heterocycles. The van der Waals surface area contributed by atoms with Gasteiger partial charge in [0, 0.05) is 57.9 Å². The standard InChI is InChI=1S/C17H28ClN5.HI/c1-3-22-10-12-23(13-11-22)9-8-20-17(19-2)21-14-15-6-4-5-7-16(15)18;/h4-7H,3,8-14H2,1-2H3,(H2,19,20,21);1H. The van der Waals surface area contributed by atoms with E-state index in [0.29, 0.717) is 6.54 Å². The van der Waals surface area contributed by atoms with Gasteiger partial charge in [0.15, 0.2) is 5.96 Å². The minimum absolute atomic E-state index is 0. The van der Waals surface area contributed by atoms with Crippen LogP contribution < -0.4 is 10.6 Å². The molecule has 24 heavy (non-hydrogen) atoms. The van der Waals surface area contributed by atoms with E-state index < -0.39 is 0 Å². The van der Waals surface area contributed by atoms with Crippen molar-refractivity contribution < 1.29 is 0 Å². The van der Waals surface area contributed by atoms with Gasteiger partial charge in [0.05, 0.1) is 0 Å². The minimum atomic E-state index is 0. The largest absolute Gasteiger partial charge is 0.355 e. The highest BCUT2D eigenvalue weighted by atomic mass is 127. The van der Waals surface area contributed by atoms with E-state index in [4.69, 9.17) is 11.6 Å². The van der Waals surface area contributed by atoms with Crippen LogP contribution in [0, 0.1) is 0 Å². The quantitative estimate of drug-likeness (QED) is 0.384. The Morgan fingerprint density at radius 1 is 1.12 bits per heavy atom. The fourth-order valence-corrected chi connectivity index (χ4v) is 2.91. The number of hydrogen-bond acceptors (Lipinski definition) is 3. The summed E-state index contributed by atoms with van der Waals surface area (Å²) in [4.78, 5) is 9.26.